The van der Waals surface area contributed by atoms with Crippen LogP contribution in [0.5, 0.6) is 0 Å². The molecule has 0 saturated carbocycles. The molecule has 0 spiro atoms. The molecule has 1 amide bonds. The highest BCUT2D eigenvalue weighted by atomic mass is 35.5. The third-order valence-electron chi connectivity index (χ3n) is 2.97. The topological polar surface area (TPSA) is 41.5 Å². The largest absolute Gasteiger partial charge is 0.272 e. The molecular weight excluding hydrogens is 316 g/mol. The lowest BCUT2D eigenvalue weighted by atomic mass is 10.2. The lowest BCUT2D eigenvalue weighted by Crippen LogP contribution is -2.26. The normalized spacial score (nSPS) is 12.3. The molecule has 3 nitrogen and oxygen atoms in total. The molecule has 2 aromatic carbocycles. The highest BCUT2D eigenvalue weighted by molar-refractivity contribution is 7.99. The Morgan fingerprint density at radius 3 is 2.59 bits per heavy atom. The zero-order chi connectivity index (χ0) is 15.8. The second-order valence-electron chi connectivity index (χ2n) is 4.72. The van der Waals surface area contributed by atoms with E-state index in [-0.39, 0.29) is 11.2 Å². The van der Waals surface area contributed by atoms with Gasteiger partial charge in [-0.15, -0.1) is 11.8 Å². The zero-order valence-electron chi connectivity index (χ0n) is 12.2. The van der Waals surface area contributed by atoms with Crippen molar-refractivity contribution in [2.75, 3.05) is 0 Å². The Bertz CT molecular complexity index is 629. The summed E-state index contributed by atoms with van der Waals surface area (Å²) in [6, 6.07) is 17.3. The van der Waals surface area contributed by atoms with E-state index in [9.17, 15) is 4.79 Å². The van der Waals surface area contributed by atoms with E-state index in [1.807, 2.05) is 37.3 Å². The van der Waals surface area contributed by atoms with Crippen molar-refractivity contribution in [3.8, 4) is 0 Å². The summed E-state index contributed by atoms with van der Waals surface area (Å²) in [7, 11) is 0. The van der Waals surface area contributed by atoms with E-state index >= 15 is 0 Å². The van der Waals surface area contributed by atoms with Crippen molar-refractivity contribution in [3.63, 3.8) is 0 Å². The second-order valence-corrected chi connectivity index (χ2v) is 6.49. The van der Waals surface area contributed by atoms with Crippen LogP contribution >= 0.6 is 23.4 Å². The summed E-state index contributed by atoms with van der Waals surface area (Å²) in [5, 5.41) is 4.48. The maximum absolute atomic E-state index is 11.9. The van der Waals surface area contributed by atoms with Crippen LogP contribution in [0.15, 0.2) is 59.7 Å². The Labute approximate surface area is 139 Å². The molecule has 114 valence electrons. The SMILES string of the molecule is C[C@H](SCc1ccccc1)C(=O)N/N=C\c1ccc(Cl)cc1. The van der Waals surface area contributed by atoms with Gasteiger partial charge in [-0.3, -0.25) is 4.79 Å². The summed E-state index contributed by atoms with van der Waals surface area (Å²) >= 11 is 7.39. The van der Waals surface area contributed by atoms with Crippen molar-refractivity contribution in [3.05, 3.63) is 70.7 Å². The smallest absolute Gasteiger partial charge is 0.252 e. The van der Waals surface area contributed by atoms with Crippen molar-refractivity contribution in [1.82, 2.24) is 5.43 Å². The maximum Gasteiger partial charge on any atom is 0.252 e. The molecule has 1 N–H and O–H groups in total. The van der Waals surface area contributed by atoms with E-state index in [0.29, 0.717) is 5.02 Å². The fourth-order valence-corrected chi connectivity index (χ4v) is 2.65. The maximum atomic E-state index is 11.9. The van der Waals surface area contributed by atoms with E-state index in [1.165, 1.54) is 5.56 Å². The fraction of sp³-hybridized carbons (Fsp3) is 0.176. The summed E-state index contributed by atoms with van der Waals surface area (Å²) in [6.07, 6.45) is 1.60. The Morgan fingerprint density at radius 1 is 1.23 bits per heavy atom. The van der Waals surface area contributed by atoms with Crippen molar-refractivity contribution in [2.24, 2.45) is 5.10 Å². The Kier molecular flexibility index (Phi) is 6.49. The average molecular weight is 333 g/mol. The molecule has 0 unspecified atom stereocenters. The van der Waals surface area contributed by atoms with Gasteiger partial charge in [-0.2, -0.15) is 5.10 Å². The van der Waals surface area contributed by atoms with E-state index in [2.05, 4.69) is 22.7 Å². The van der Waals surface area contributed by atoms with Crippen LogP contribution in [0, 0.1) is 0 Å². The molecule has 0 aromatic heterocycles. The molecule has 0 aliphatic rings. The van der Waals surface area contributed by atoms with Crippen LogP contribution in [0.2, 0.25) is 5.02 Å². The molecular formula is C17H17ClN2OS. The highest BCUT2D eigenvalue weighted by Gasteiger charge is 2.12. The van der Waals surface area contributed by atoms with Crippen LogP contribution in [0.25, 0.3) is 0 Å². The molecule has 0 saturated heterocycles. The first-order valence-corrected chi connectivity index (χ1v) is 8.32. The number of nitrogens with one attached hydrogen (secondary N) is 1. The van der Waals surface area contributed by atoms with Crippen molar-refractivity contribution < 1.29 is 4.79 Å². The van der Waals surface area contributed by atoms with E-state index < -0.39 is 0 Å². The molecule has 0 aliphatic heterocycles. The average Bonchev–Trinajstić information content (AvgIpc) is 2.55. The number of nitrogens with zero attached hydrogens (tertiary/aromatic N) is 1. The Morgan fingerprint density at radius 2 is 1.91 bits per heavy atom. The predicted molar refractivity (Wildman–Crippen MR) is 94.4 cm³/mol. The van der Waals surface area contributed by atoms with Crippen molar-refractivity contribution in [1.29, 1.82) is 0 Å². The number of amides is 1. The molecule has 22 heavy (non-hydrogen) atoms. The number of halogens is 1. The first-order chi connectivity index (χ1) is 10.6. The summed E-state index contributed by atoms with van der Waals surface area (Å²) in [5.41, 5.74) is 4.65. The van der Waals surface area contributed by atoms with E-state index in [0.717, 1.165) is 11.3 Å². The molecule has 0 aliphatic carbocycles. The first-order valence-electron chi connectivity index (χ1n) is 6.89. The fourth-order valence-electron chi connectivity index (χ4n) is 1.68. The zero-order valence-corrected chi connectivity index (χ0v) is 13.8. The number of carbonyl (C=O) groups is 1. The van der Waals surface area contributed by atoms with E-state index in [4.69, 9.17) is 11.6 Å². The summed E-state index contributed by atoms with van der Waals surface area (Å²) in [5.74, 6) is 0.696. The van der Waals surface area contributed by atoms with Gasteiger partial charge >= 0.3 is 0 Å². The van der Waals surface area contributed by atoms with Gasteiger partial charge < -0.3 is 0 Å². The highest BCUT2D eigenvalue weighted by Crippen LogP contribution is 2.17. The van der Waals surface area contributed by atoms with Crippen LogP contribution in [0.3, 0.4) is 0 Å². The summed E-state index contributed by atoms with van der Waals surface area (Å²) in [6.45, 7) is 1.88. The number of benzene rings is 2. The van der Waals surface area contributed by atoms with E-state index in [1.54, 1.807) is 30.1 Å². The molecule has 5 heteroatoms. The van der Waals surface area contributed by atoms with Crippen LogP contribution in [0.1, 0.15) is 18.1 Å². The van der Waals surface area contributed by atoms with Crippen LogP contribution in [-0.4, -0.2) is 17.4 Å². The molecule has 0 heterocycles. The number of hydrogen-bond acceptors (Lipinski definition) is 3. The molecule has 0 fully saturated rings. The molecule has 2 rings (SSSR count). The number of carbonyl (C=O) groups excluding carboxylic acids is 1. The minimum atomic E-state index is -0.164. The van der Waals surface area contributed by atoms with Gasteiger partial charge in [-0.1, -0.05) is 54.1 Å². The molecule has 2 aromatic rings. The number of rotatable bonds is 6. The predicted octanol–water partition coefficient (Wildman–Crippen LogP) is 4.11. The third kappa shape index (κ3) is 5.54. The molecule has 0 radical (unpaired) electrons. The Balaban J connectivity index is 1.77. The number of thioether (sulfide) groups is 1. The number of hydrogen-bond donors (Lipinski definition) is 1. The molecule has 0 bridgehead atoms. The van der Waals surface area contributed by atoms with Gasteiger partial charge in [0, 0.05) is 10.8 Å². The monoisotopic (exact) mass is 332 g/mol. The van der Waals surface area contributed by atoms with Crippen molar-refractivity contribution in [2.45, 2.75) is 17.9 Å². The lowest BCUT2D eigenvalue weighted by molar-refractivity contribution is -0.120. The second kappa shape index (κ2) is 8.61. The minimum absolute atomic E-state index is 0.105. The number of hydrazone groups is 1. The van der Waals surface area contributed by atoms with Gasteiger partial charge in [-0.25, -0.2) is 5.43 Å². The van der Waals surface area contributed by atoms with Gasteiger partial charge in [0.25, 0.3) is 5.91 Å². The first kappa shape index (κ1) is 16.6. The lowest BCUT2D eigenvalue weighted by Gasteiger charge is -2.09. The standard InChI is InChI=1S/C17H17ClN2OS/c1-13(22-12-15-5-3-2-4-6-15)17(21)20-19-11-14-7-9-16(18)10-8-14/h2-11,13H,12H2,1H3,(H,20,21)/b19-11-/t13-/m0/s1. The van der Waals surface area contributed by atoms with Gasteiger partial charge in [-0.05, 0) is 30.2 Å². The van der Waals surface area contributed by atoms with Gasteiger partial charge in [0.1, 0.15) is 0 Å². The minimum Gasteiger partial charge on any atom is -0.272 e. The van der Waals surface area contributed by atoms with Crippen LogP contribution in [-0.2, 0) is 10.5 Å². The third-order valence-corrected chi connectivity index (χ3v) is 4.44. The van der Waals surface area contributed by atoms with Gasteiger partial charge in [0.2, 0.25) is 0 Å². The van der Waals surface area contributed by atoms with Gasteiger partial charge in [0.15, 0.2) is 0 Å². The van der Waals surface area contributed by atoms with Crippen molar-refractivity contribution >= 4 is 35.5 Å². The molecule has 1 atom stereocenters. The van der Waals surface area contributed by atoms with Gasteiger partial charge in [0.05, 0.1) is 11.5 Å². The Hall–Kier alpha value is -1.78. The van der Waals surface area contributed by atoms with Crippen LogP contribution < -0.4 is 5.43 Å². The quantitative estimate of drug-likeness (QED) is 0.639. The van der Waals surface area contributed by atoms with Crippen LogP contribution in [0.4, 0.5) is 0 Å². The summed E-state index contributed by atoms with van der Waals surface area (Å²) in [4.78, 5) is 11.9. The summed E-state index contributed by atoms with van der Waals surface area (Å²) < 4.78 is 0.